The van der Waals surface area contributed by atoms with Crippen LogP contribution < -0.4 is 4.90 Å². The maximum Gasteiger partial charge on any atom is 0.0554 e. The number of benzene rings is 9. The number of thiophene rings is 1. The van der Waals surface area contributed by atoms with Crippen molar-refractivity contribution in [3.05, 3.63) is 206 Å². The highest BCUT2D eigenvalue weighted by molar-refractivity contribution is 7.26. The summed E-state index contributed by atoms with van der Waals surface area (Å²) in [5, 5.41) is 7.59. The molecule has 258 valence electrons. The average Bonchev–Trinajstić information content (AvgIpc) is 3.81. The van der Waals surface area contributed by atoms with Gasteiger partial charge in [-0.15, -0.1) is 11.3 Å². The van der Waals surface area contributed by atoms with Crippen molar-refractivity contribution in [1.29, 1.82) is 0 Å². The van der Waals surface area contributed by atoms with Crippen LogP contribution in [0.2, 0.25) is 0 Å². The molecule has 0 radical (unpaired) electrons. The van der Waals surface area contributed by atoms with Crippen LogP contribution in [-0.2, 0) is 0 Å². The van der Waals surface area contributed by atoms with Crippen molar-refractivity contribution in [3.63, 3.8) is 0 Å². The van der Waals surface area contributed by atoms with Gasteiger partial charge in [0, 0.05) is 48.0 Å². The van der Waals surface area contributed by atoms with E-state index < -0.39 is 0 Å². The van der Waals surface area contributed by atoms with Gasteiger partial charge in [-0.05, 0) is 106 Å². The zero-order valence-corrected chi connectivity index (χ0v) is 30.7. The van der Waals surface area contributed by atoms with Gasteiger partial charge >= 0.3 is 0 Å². The molecule has 0 saturated heterocycles. The molecule has 11 rings (SSSR count). The number of nitrogens with zero attached hydrogens (tertiary/aromatic N) is 2. The van der Waals surface area contributed by atoms with Crippen molar-refractivity contribution in [2.75, 3.05) is 4.90 Å². The Hall–Kier alpha value is -6.94. The molecule has 0 bridgehead atoms. The zero-order valence-electron chi connectivity index (χ0n) is 29.9. The first-order chi connectivity index (χ1) is 27.3. The highest BCUT2D eigenvalue weighted by Crippen LogP contribution is 2.46. The molecule has 2 aromatic heterocycles. The van der Waals surface area contributed by atoms with Crippen LogP contribution in [0.15, 0.2) is 206 Å². The molecule has 3 heteroatoms. The van der Waals surface area contributed by atoms with Crippen LogP contribution in [0.4, 0.5) is 17.1 Å². The highest BCUT2D eigenvalue weighted by Gasteiger charge is 2.20. The van der Waals surface area contributed by atoms with Crippen LogP contribution in [0.1, 0.15) is 0 Å². The third-order valence-corrected chi connectivity index (χ3v) is 12.1. The van der Waals surface area contributed by atoms with Crippen LogP contribution in [0, 0.1) is 0 Å². The van der Waals surface area contributed by atoms with Gasteiger partial charge < -0.3 is 9.47 Å². The summed E-state index contributed by atoms with van der Waals surface area (Å²) in [6.07, 6.45) is 0. The summed E-state index contributed by atoms with van der Waals surface area (Å²) in [7, 11) is 0. The van der Waals surface area contributed by atoms with Crippen LogP contribution in [0.3, 0.4) is 0 Å². The molecule has 9 aromatic carbocycles. The number of aromatic nitrogens is 1. The van der Waals surface area contributed by atoms with E-state index in [0.29, 0.717) is 0 Å². The smallest absolute Gasteiger partial charge is 0.0554 e. The lowest BCUT2D eigenvalue weighted by atomic mass is 9.97. The molecule has 0 unspecified atom stereocenters. The van der Waals surface area contributed by atoms with Gasteiger partial charge in [-0.2, -0.15) is 0 Å². The lowest BCUT2D eigenvalue weighted by Gasteiger charge is -2.27. The first-order valence-electron chi connectivity index (χ1n) is 18.8. The maximum atomic E-state index is 2.44. The Kier molecular flexibility index (Phi) is 7.39. The molecule has 2 nitrogen and oxygen atoms in total. The summed E-state index contributed by atoms with van der Waals surface area (Å²) in [6.45, 7) is 0. The minimum absolute atomic E-state index is 1.10. The van der Waals surface area contributed by atoms with Crippen molar-refractivity contribution in [2.24, 2.45) is 0 Å². The van der Waals surface area contributed by atoms with Gasteiger partial charge in [0.05, 0.1) is 16.7 Å². The van der Waals surface area contributed by atoms with E-state index in [4.69, 9.17) is 0 Å². The molecule has 0 aliphatic carbocycles. The van der Waals surface area contributed by atoms with E-state index in [1.54, 1.807) is 0 Å². The first kappa shape index (κ1) is 31.6. The molecular formula is C52H34N2S. The predicted octanol–water partition coefficient (Wildman–Crippen LogP) is 15.1. The Labute approximate surface area is 323 Å². The Morgan fingerprint density at radius 2 is 0.964 bits per heavy atom. The number of hydrogen-bond acceptors (Lipinski definition) is 2. The second-order valence-electron chi connectivity index (χ2n) is 14.2. The first-order valence-corrected chi connectivity index (χ1v) is 19.6. The summed E-state index contributed by atoms with van der Waals surface area (Å²) >= 11 is 1.86. The Morgan fingerprint density at radius 3 is 1.76 bits per heavy atom. The van der Waals surface area contributed by atoms with E-state index in [2.05, 4.69) is 216 Å². The van der Waals surface area contributed by atoms with Gasteiger partial charge in [-0.1, -0.05) is 133 Å². The fraction of sp³-hybridized carbons (Fsp3) is 0. The normalized spacial score (nSPS) is 11.6. The minimum Gasteiger partial charge on any atom is -0.310 e. The molecule has 55 heavy (non-hydrogen) atoms. The molecule has 2 heterocycles. The molecule has 0 aliphatic rings. The van der Waals surface area contributed by atoms with Crippen molar-refractivity contribution in [2.45, 2.75) is 0 Å². The van der Waals surface area contributed by atoms with Gasteiger partial charge in [0.15, 0.2) is 0 Å². The van der Waals surface area contributed by atoms with Gasteiger partial charge in [0.1, 0.15) is 0 Å². The zero-order chi connectivity index (χ0) is 36.3. The topological polar surface area (TPSA) is 8.17 Å². The molecular weight excluding hydrogens is 685 g/mol. The van der Waals surface area contributed by atoms with E-state index in [0.717, 1.165) is 17.1 Å². The lowest BCUT2D eigenvalue weighted by Crippen LogP contribution is -2.11. The van der Waals surface area contributed by atoms with Gasteiger partial charge in [0.2, 0.25) is 0 Å². The molecule has 0 atom stereocenters. The maximum absolute atomic E-state index is 2.44. The van der Waals surface area contributed by atoms with Gasteiger partial charge in [0.25, 0.3) is 0 Å². The molecule has 11 aromatic rings. The molecule has 0 fully saturated rings. The summed E-state index contributed by atoms with van der Waals surface area (Å²) in [5.74, 6) is 0. The molecule has 0 amide bonds. The quantitative estimate of drug-likeness (QED) is 0.166. The Morgan fingerprint density at radius 1 is 0.364 bits per heavy atom. The molecule has 0 spiro atoms. The third kappa shape index (κ3) is 5.32. The minimum atomic E-state index is 1.10. The summed E-state index contributed by atoms with van der Waals surface area (Å²) < 4.78 is 4.98. The van der Waals surface area contributed by atoms with E-state index in [1.165, 1.54) is 80.7 Å². The fourth-order valence-corrected chi connectivity index (χ4v) is 9.52. The van der Waals surface area contributed by atoms with Crippen molar-refractivity contribution in [1.82, 2.24) is 4.57 Å². The lowest BCUT2D eigenvalue weighted by molar-refractivity contribution is 1.17. The highest BCUT2D eigenvalue weighted by atomic mass is 32.1. The fourth-order valence-electron chi connectivity index (χ4n) is 8.39. The number of anilines is 3. The van der Waals surface area contributed by atoms with Crippen LogP contribution in [0.5, 0.6) is 0 Å². The molecule has 0 aliphatic heterocycles. The molecule has 0 saturated carbocycles. The van der Waals surface area contributed by atoms with Crippen LogP contribution in [-0.4, -0.2) is 4.57 Å². The third-order valence-electron chi connectivity index (χ3n) is 11.0. The Bertz CT molecular complexity index is 3170. The number of fused-ring (bicyclic) bond motifs is 7. The average molecular weight is 719 g/mol. The van der Waals surface area contributed by atoms with Gasteiger partial charge in [-0.25, -0.2) is 0 Å². The van der Waals surface area contributed by atoms with Crippen molar-refractivity contribution < 1.29 is 0 Å². The summed E-state index contributed by atoms with van der Waals surface area (Å²) in [5.41, 5.74) is 11.7. The SMILES string of the molecule is c1cc(-c2ccc(N(c3cccc(-n4c5ccccc5c5ccccc54)c3)c3cccc4sc5ccccc5c34)cc2)cc(-c2ccc3ccccc3c2)c1. The van der Waals surface area contributed by atoms with E-state index in [9.17, 15) is 0 Å². The van der Waals surface area contributed by atoms with Crippen LogP contribution in [0.25, 0.3) is 80.7 Å². The molecule has 0 N–H and O–H groups in total. The predicted molar refractivity (Wildman–Crippen MR) is 237 cm³/mol. The van der Waals surface area contributed by atoms with Crippen molar-refractivity contribution >= 4 is 81.1 Å². The second kappa shape index (κ2) is 12.9. The van der Waals surface area contributed by atoms with Crippen LogP contribution >= 0.6 is 11.3 Å². The summed E-state index contributed by atoms with van der Waals surface area (Å²) in [4.78, 5) is 2.44. The van der Waals surface area contributed by atoms with E-state index >= 15 is 0 Å². The van der Waals surface area contributed by atoms with Gasteiger partial charge in [-0.3, -0.25) is 0 Å². The summed E-state index contributed by atoms with van der Waals surface area (Å²) in [6, 6.07) is 75.2. The van der Waals surface area contributed by atoms with E-state index in [1.807, 2.05) is 11.3 Å². The monoisotopic (exact) mass is 718 g/mol. The van der Waals surface area contributed by atoms with Crippen molar-refractivity contribution in [3.8, 4) is 27.9 Å². The number of rotatable bonds is 6. The largest absolute Gasteiger partial charge is 0.310 e. The number of hydrogen-bond donors (Lipinski definition) is 0. The Balaban J connectivity index is 1.06. The number of para-hydroxylation sites is 2. The standard InChI is InChI=1S/C52H34N2S/c1-2-13-37-33-40(27-26-35(37)12-1)39-15-9-14-38(32-39)36-28-30-41(31-29-36)53(49-23-11-25-51-52(49)46-20-5-8-24-50(46)55-51)42-16-10-17-43(34-42)54-47-21-6-3-18-44(47)45-19-4-7-22-48(45)54/h1-34H. The van der Waals surface area contributed by atoms with E-state index in [-0.39, 0.29) is 0 Å². The second-order valence-corrected chi connectivity index (χ2v) is 15.2.